The third-order valence-corrected chi connectivity index (χ3v) is 9.86. The van der Waals surface area contributed by atoms with Crippen LogP contribution in [0.4, 0.5) is 28.6 Å². The van der Waals surface area contributed by atoms with E-state index in [-0.39, 0.29) is 100 Å². The normalized spacial score (nSPS) is 11.6. The van der Waals surface area contributed by atoms with Crippen LogP contribution in [0.15, 0.2) is 69.7 Å². The molecule has 0 aliphatic rings. The molecule has 0 aliphatic carbocycles. The van der Waals surface area contributed by atoms with Crippen molar-refractivity contribution in [3.63, 3.8) is 0 Å². The van der Waals surface area contributed by atoms with E-state index in [0.717, 1.165) is 12.1 Å². The third kappa shape index (κ3) is 12.4. The summed E-state index contributed by atoms with van der Waals surface area (Å²) in [5.41, 5.74) is 0.798. The van der Waals surface area contributed by atoms with E-state index < -0.39 is 48.1 Å². The minimum atomic E-state index is -4.81. The molecule has 1 heterocycles. The predicted octanol–water partition coefficient (Wildman–Crippen LogP) is 0.648. The molecule has 0 unspecified atom stereocenters. The Hall–Kier alpha value is -3.71. The Bertz CT molecular complexity index is 2390. The van der Waals surface area contributed by atoms with Crippen molar-refractivity contribution < 1.29 is 73.3 Å². The second-order valence-corrected chi connectivity index (χ2v) is 16.5. The van der Waals surface area contributed by atoms with Crippen LogP contribution < -0.4 is 53.3 Å². The maximum Gasteiger partial charge on any atom is 1.00 e. The summed E-state index contributed by atoms with van der Waals surface area (Å²) in [4.78, 5) is 26.4. The van der Waals surface area contributed by atoms with E-state index in [0.29, 0.717) is 17.9 Å². The number of benzene rings is 3. The summed E-state index contributed by atoms with van der Waals surface area (Å²) in [7, 11) is -9.20. The Morgan fingerprint density at radius 2 is 1.62 bits per heavy atom. The molecule has 0 spiro atoms. The number of hydrogen-bond donors (Lipinski definition) is 2. The molecule has 16 nitrogen and oxygen atoms in total. The number of hydrogen-bond acceptors (Lipinski definition) is 13. The maximum absolute atomic E-state index is 13.0. The van der Waals surface area contributed by atoms with Gasteiger partial charge in [0.1, 0.15) is 33.1 Å². The number of rotatable bonds is 13. The van der Waals surface area contributed by atoms with Crippen LogP contribution >= 0.6 is 23.2 Å². The molecule has 2 amide bonds. The first-order valence-electron chi connectivity index (χ1n) is 16.0. The van der Waals surface area contributed by atoms with Gasteiger partial charge >= 0.3 is 37.7 Å². The fourth-order valence-electron chi connectivity index (χ4n) is 5.22. The van der Waals surface area contributed by atoms with Crippen molar-refractivity contribution in [2.75, 3.05) is 34.4 Å². The van der Waals surface area contributed by atoms with Crippen LogP contribution in [0.25, 0.3) is 5.69 Å². The molecule has 0 aliphatic heterocycles. The number of carbonyl (C=O) groups excluding carboxylic acids is 2. The minimum Gasteiger partial charge on any atom is -0.748 e. The van der Waals surface area contributed by atoms with Crippen LogP contribution in [-0.4, -0.2) is 66.4 Å². The van der Waals surface area contributed by atoms with Crippen molar-refractivity contribution >= 4 is 83.8 Å². The zero-order valence-corrected chi connectivity index (χ0v) is 34.7. The largest absolute Gasteiger partial charge is 1.00 e. The van der Waals surface area contributed by atoms with Gasteiger partial charge in [-0.1, -0.05) is 50.0 Å². The van der Waals surface area contributed by atoms with Gasteiger partial charge in [0.15, 0.2) is 5.82 Å². The van der Waals surface area contributed by atoms with Crippen LogP contribution in [0.5, 0.6) is 0 Å². The Kier molecular flexibility index (Phi) is 17.0. The Morgan fingerprint density at radius 1 is 0.982 bits per heavy atom. The summed E-state index contributed by atoms with van der Waals surface area (Å²) in [5.74, 6) is -1.77. The number of halogens is 2. The molecule has 0 atom stereocenters. The van der Waals surface area contributed by atoms with Crippen LogP contribution in [0, 0.1) is 11.3 Å². The summed E-state index contributed by atoms with van der Waals surface area (Å²) < 4.78 is 68.9. The van der Waals surface area contributed by atoms with Gasteiger partial charge in [-0.3, -0.25) is 9.59 Å². The van der Waals surface area contributed by atoms with Gasteiger partial charge in [0.05, 0.1) is 36.4 Å². The first-order valence-corrected chi connectivity index (χ1v) is 19.8. The average molecular weight is 832 g/mol. The van der Waals surface area contributed by atoms with E-state index >= 15 is 0 Å². The van der Waals surface area contributed by atoms with Crippen molar-refractivity contribution in [3.05, 3.63) is 81.5 Å². The van der Waals surface area contributed by atoms with Gasteiger partial charge in [-0.05, 0) is 61.9 Å². The molecule has 1 aromatic heterocycles. The number of amides is 2. The van der Waals surface area contributed by atoms with Crippen LogP contribution in [0.1, 0.15) is 62.7 Å². The predicted molar refractivity (Wildman–Crippen MR) is 201 cm³/mol. The summed E-state index contributed by atoms with van der Waals surface area (Å²) in [6.45, 7) is 9.34. The fraction of sp³-hybridized carbons (Fsp3) is 0.294. The minimum absolute atomic E-state index is 0. The van der Waals surface area contributed by atoms with E-state index in [4.69, 9.17) is 23.2 Å². The van der Waals surface area contributed by atoms with E-state index in [9.17, 15) is 40.8 Å². The van der Waals surface area contributed by atoms with Crippen LogP contribution in [0.2, 0.25) is 10.0 Å². The monoisotopic (exact) mass is 830 g/mol. The molecule has 2 N–H and O–H groups in total. The topological polar surface area (TPSA) is 242 Å². The van der Waals surface area contributed by atoms with Crippen molar-refractivity contribution in [3.8, 4) is 11.8 Å². The van der Waals surface area contributed by atoms with Gasteiger partial charge < -0.3 is 24.6 Å². The molecular weight excluding hydrogens is 797 g/mol. The molecule has 22 heteroatoms. The van der Waals surface area contributed by atoms with Gasteiger partial charge in [0.25, 0.3) is 5.91 Å². The van der Waals surface area contributed by atoms with Crippen LogP contribution in [0.3, 0.4) is 0 Å². The quantitative estimate of drug-likeness (QED) is 0.108. The van der Waals surface area contributed by atoms with Gasteiger partial charge in [-0.2, -0.15) is 10.4 Å². The fourth-order valence-corrected chi connectivity index (χ4v) is 6.87. The molecule has 0 saturated carbocycles. The average Bonchev–Trinajstić information content (AvgIpc) is 3.43. The number of anilines is 3. The molecule has 4 rings (SSSR count). The molecule has 4 aromatic rings. The number of aromatic nitrogens is 2. The molecular formula is C34H34Cl2Li2N8O8S2. The molecule has 56 heavy (non-hydrogen) atoms. The van der Waals surface area contributed by atoms with Crippen molar-refractivity contribution in [1.29, 1.82) is 5.26 Å². The second kappa shape index (κ2) is 19.6. The van der Waals surface area contributed by atoms with Crippen LogP contribution in [-0.2, 0) is 30.4 Å². The van der Waals surface area contributed by atoms with E-state index in [1.54, 1.807) is 18.2 Å². The summed E-state index contributed by atoms with van der Waals surface area (Å²) >= 11 is 13.4. The SMILES string of the molecule is CCN(CCCS(=O)(=O)[O-])c1ccc(N=Nc2c(C#N)c(C(C)(C)C)nn2-c2c(Cl)cc(NC(=O)c3cccc(S(=O)(=O)[O-])c3)cc2Cl)c(NC(C)=O)c1.[Li+].[Li+]. The number of nitriles is 1. The van der Waals surface area contributed by atoms with Gasteiger partial charge in [0, 0.05) is 48.1 Å². The van der Waals surface area contributed by atoms with Gasteiger partial charge in [0.2, 0.25) is 5.91 Å². The Balaban J connectivity index is 0.00000541. The van der Waals surface area contributed by atoms with Gasteiger partial charge in [-0.25, -0.2) is 21.5 Å². The molecule has 0 saturated heterocycles. The van der Waals surface area contributed by atoms with E-state index in [1.165, 1.54) is 35.9 Å². The maximum atomic E-state index is 13.0. The first kappa shape index (κ1) is 48.4. The Labute approximate surface area is 358 Å². The zero-order chi connectivity index (χ0) is 40.2. The number of carbonyl (C=O) groups is 2. The van der Waals surface area contributed by atoms with Crippen molar-refractivity contribution in [2.24, 2.45) is 10.2 Å². The van der Waals surface area contributed by atoms with Crippen molar-refractivity contribution in [1.82, 2.24) is 9.78 Å². The first-order chi connectivity index (χ1) is 25.1. The molecule has 3 aromatic carbocycles. The third-order valence-electron chi connectivity index (χ3n) is 7.67. The molecule has 0 bridgehead atoms. The molecule has 286 valence electrons. The van der Waals surface area contributed by atoms with E-state index in [1.807, 2.05) is 32.6 Å². The number of nitrogens with zero attached hydrogens (tertiary/aromatic N) is 6. The summed E-state index contributed by atoms with van der Waals surface area (Å²) in [5, 5.41) is 28.9. The smallest absolute Gasteiger partial charge is 0.748 e. The van der Waals surface area contributed by atoms with Gasteiger partial charge in [-0.15, -0.1) is 10.2 Å². The summed E-state index contributed by atoms with van der Waals surface area (Å²) in [6.07, 6.45) is 0.0922. The van der Waals surface area contributed by atoms with Crippen molar-refractivity contribution in [2.45, 2.75) is 51.3 Å². The standard InChI is InChI=1S/C34H36Cl2N8O8S2.2Li/c1-6-43(13-8-14-53(47,48)49)23-11-12-28(29(18-23)38-20(2)45)40-41-32-25(19-37)31(34(3,4)5)42-44(32)30-26(35)16-22(17-27(30)36)39-33(46)21-9-7-10-24(15-21)54(50,51)52;;/h7,9-12,15-18H,6,8,13-14H2,1-5H3,(H,38,45)(H,39,46)(H,47,48,49)(H,50,51,52);;/q;2*+1/p-2. The number of nitrogens with one attached hydrogen (secondary N) is 2. The van der Waals surface area contributed by atoms with E-state index in [2.05, 4.69) is 32.0 Å². The summed E-state index contributed by atoms with van der Waals surface area (Å²) in [6, 6.07) is 14.2. The second-order valence-electron chi connectivity index (χ2n) is 12.8. The molecule has 0 radical (unpaired) electrons. The zero-order valence-electron chi connectivity index (χ0n) is 31.5. The molecule has 0 fully saturated rings. The number of azo groups is 1. The Morgan fingerprint density at radius 3 is 2.16 bits per heavy atom.